The van der Waals surface area contributed by atoms with Gasteiger partial charge in [0.2, 0.25) is 5.78 Å². The number of Topliss-reactive ketones (excluding diaryl/α,β-unsaturated/α-hetero) is 1. The van der Waals surface area contributed by atoms with Gasteiger partial charge < -0.3 is 9.47 Å². The Morgan fingerprint density at radius 2 is 2.29 bits per heavy atom. The molecule has 0 saturated carbocycles. The number of carbonyl (C=O) groups is 2. The molecule has 2 rings (SSSR count). The summed E-state index contributed by atoms with van der Waals surface area (Å²) in [6, 6.07) is 3.92. The van der Waals surface area contributed by atoms with Gasteiger partial charge in [-0.05, 0) is 18.2 Å². The van der Waals surface area contributed by atoms with Crippen molar-refractivity contribution in [3.63, 3.8) is 0 Å². The first-order chi connectivity index (χ1) is 8.11. The highest BCUT2D eigenvalue weighted by molar-refractivity contribution is 6.01. The SMILES string of the molecule is COc1ccc(C(=O)C2CCC(=O)O2)cc1F. The van der Waals surface area contributed by atoms with Crippen molar-refractivity contribution >= 4 is 11.8 Å². The van der Waals surface area contributed by atoms with Crippen LogP contribution in [0.4, 0.5) is 4.39 Å². The molecule has 1 saturated heterocycles. The van der Waals surface area contributed by atoms with Crippen LogP contribution in [0, 0.1) is 5.82 Å². The minimum Gasteiger partial charge on any atom is -0.494 e. The third kappa shape index (κ3) is 2.27. The van der Waals surface area contributed by atoms with E-state index in [1.165, 1.54) is 19.2 Å². The quantitative estimate of drug-likeness (QED) is 0.594. The minimum absolute atomic E-state index is 0.0740. The molecule has 1 aromatic rings. The van der Waals surface area contributed by atoms with Crippen LogP contribution in [0.15, 0.2) is 18.2 Å². The van der Waals surface area contributed by atoms with Gasteiger partial charge in [0.15, 0.2) is 17.7 Å². The Labute approximate surface area is 97.3 Å². The average molecular weight is 238 g/mol. The maximum atomic E-state index is 13.4. The summed E-state index contributed by atoms with van der Waals surface area (Å²) in [6.45, 7) is 0. The lowest BCUT2D eigenvalue weighted by Gasteiger charge is -2.09. The van der Waals surface area contributed by atoms with Crippen molar-refractivity contribution in [1.82, 2.24) is 0 Å². The summed E-state index contributed by atoms with van der Waals surface area (Å²) in [5, 5.41) is 0. The van der Waals surface area contributed by atoms with Gasteiger partial charge in [-0.3, -0.25) is 9.59 Å². The number of hydrogen-bond acceptors (Lipinski definition) is 4. The highest BCUT2D eigenvalue weighted by Crippen LogP contribution is 2.22. The normalized spacial score (nSPS) is 18.9. The van der Waals surface area contributed by atoms with Crippen molar-refractivity contribution in [3.8, 4) is 5.75 Å². The van der Waals surface area contributed by atoms with E-state index in [1.807, 2.05) is 0 Å². The zero-order valence-electron chi connectivity index (χ0n) is 9.23. The Balaban J connectivity index is 2.20. The molecule has 0 radical (unpaired) electrons. The Bertz CT molecular complexity index is 470. The van der Waals surface area contributed by atoms with Gasteiger partial charge in [0.05, 0.1) is 7.11 Å². The average Bonchev–Trinajstić information content (AvgIpc) is 2.75. The molecule has 0 aliphatic carbocycles. The summed E-state index contributed by atoms with van der Waals surface area (Å²) in [7, 11) is 1.35. The molecule has 1 fully saturated rings. The van der Waals surface area contributed by atoms with Crippen LogP contribution in [-0.2, 0) is 9.53 Å². The summed E-state index contributed by atoms with van der Waals surface area (Å²) < 4.78 is 23.0. The first-order valence-electron chi connectivity index (χ1n) is 5.19. The van der Waals surface area contributed by atoms with Crippen molar-refractivity contribution in [2.45, 2.75) is 18.9 Å². The summed E-state index contributed by atoms with van der Waals surface area (Å²) >= 11 is 0. The molecule has 1 aliphatic rings. The summed E-state index contributed by atoms with van der Waals surface area (Å²) in [5.74, 6) is -1.30. The van der Waals surface area contributed by atoms with Gasteiger partial charge in [0.1, 0.15) is 0 Å². The molecule has 0 bridgehead atoms. The molecule has 90 valence electrons. The lowest BCUT2D eigenvalue weighted by Crippen LogP contribution is -2.20. The molecule has 5 heteroatoms. The van der Waals surface area contributed by atoms with Crippen LogP contribution < -0.4 is 4.74 Å². The van der Waals surface area contributed by atoms with E-state index in [4.69, 9.17) is 9.47 Å². The van der Waals surface area contributed by atoms with E-state index in [1.54, 1.807) is 0 Å². The van der Waals surface area contributed by atoms with Crippen molar-refractivity contribution in [1.29, 1.82) is 0 Å². The zero-order valence-corrected chi connectivity index (χ0v) is 9.23. The predicted molar refractivity (Wildman–Crippen MR) is 56.4 cm³/mol. The first kappa shape index (κ1) is 11.6. The number of halogens is 1. The first-order valence-corrected chi connectivity index (χ1v) is 5.19. The predicted octanol–water partition coefficient (Wildman–Crippen LogP) is 1.72. The van der Waals surface area contributed by atoms with E-state index < -0.39 is 17.9 Å². The fraction of sp³-hybridized carbons (Fsp3) is 0.333. The molecular formula is C12H11FO4. The fourth-order valence-electron chi connectivity index (χ4n) is 1.72. The maximum Gasteiger partial charge on any atom is 0.306 e. The third-order valence-electron chi connectivity index (χ3n) is 2.61. The van der Waals surface area contributed by atoms with E-state index in [9.17, 15) is 14.0 Å². The summed E-state index contributed by atoms with van der Waals surface area (Å²) in [6.07, 6.45) is -0.198. The monoisotopic (exact) mass is 238 g/mol. The number of carbonyl (C=O) groups excluding carboxylic acids is 2. The fourth-order valence-corrected chi connectivity index (χ4v) is 1.72. The van der Waals surface area contributed by atoms with Gasteiger partial charge in [-0.1, -0.05) is 0 Å². The van der Waals surface area contributed by atoms with Crippen LogP contribution in [0.1, 0.15) is 23.2 Å². The second-order valence-electron chi connectivity index (χ2n) is 3.73. The molecule has 1 aromatic carbocycles. The van der Waals surface area contributed by atoms with Crippen LogP contribution in [0.25, 0.3) is 0 Å². The summed E-state index contributed by atoms with van der Waals surface area (Å²) in [5.41, 5.74) is 0.183. The van der Waals surface area contributed by atoms with Crippen molar-refractivity contribution in [2.24, 2.45) is 0 Å². The van der Waals surface area contributed by atoms with E-state index in [0.29, 0.717) is 6.42 Å². The number of rotatable bonds is 3. The molecule has 1 atom stereocenters. The second-order valence-corrected chi connectivity index (χ2v) is 3.73. The molecule has 0 N–H and O–H groups in total. The standard InChI is InChI=1S/C12H11FO4/c1-16-9-3-2-7(6-8(9)13)12(15)10-4-5-11(14)17-10/h2-3,6,10H,4-5H2,1H3. The highest BCUT2D eigenvalue weighted by Gasteiger charge is 2.30. The van der Waals surface area contributed by atoms with Gasteiger partial charge in [-0.15, -0.1) is 0 Å². The summed E-state index contributed by atoms with van der Waals surface area (Å²) in [4.78, 5) is 22.7. The van der Waals surface area contributed by atoms with E-state index in [2.05, 4.69) is 0 Å². The molecule has 0 spiro atoms. The van der Waals surface area contributed by atoms with E-state index in [0.717, 1.165) is 6.07 Å². The van der Waals surface area contributed by atoms with Gasteiger partial charge >= 0.3 is 5.97 Å². The number of ketones is 1. The number of benzene rings is 1. The highest BCUT2D eigenvalue weighted by atomic mass is 19.1. The van der Waals surface area contributed by atoms with Gasteiger partial charge in [-0.2, -0.15) is 0 Å². The minimum atomic E-state index is -0.782. The topological polar surface area (TPSA) is 52.6 Å². The molecule has 0 aromatic heterocycles. The number of cyclic esters (lactones) is 1. The van der Waals surface area contributed by atoms with Gasteiger partial charge in [0, 0.05) is 18.4 Å². The molecule has 1 unspecified atom stereocenters. The van der Waals surface area contributed by atoms with Crippen molar-refractivity contribution < 1.29 is 23.5 Å². The second kappa shape index (κ2) is 4.53. The molecule has 17 heavy (non-hydrogen) atoms. The Kier molecular flexibility index (Phi) is 3.08. The largest absolute Gasteiger partial charge is 0.494 e. The third-order valence-corrected chi connectivity index (χ3v) is 2.61. The van der Waals surface area contributed by atoms with Crippen LogP contribution in [0.2, 0.25) is 0 Å². The number of hydrogen-bond donors (Lipinski definition) is 0. The number of esters is 1. The molecule has 4 nitrogen and oxygen atoms in total. The van der Waals surface area contributed by atoms with Crippen LogP contribution in [0.3, 0.4) is 0 Å². The lowest BCUT2D eigenvalue weighted by atomic mass is 10.0. The molecule has 1 aliphatic heterocycles. The van der Waals surface area contributed by atoms with E-state index >= 15 is 0 Å². The van der Waals surface area contributed by atoms with Gasteiger partial charge in [-0.25, -0.2) is 4.39 Å². The van der Waals surface area contributed by atoms with Crippen molar-refractivity contribution in [2.75, 3.05) is 7.11 Å². The van der Waals surface area contributed by atoms with E-state index in [-0.39, 0.29) is 23.5 Å². The molecule has 1 heterocycles. The molecule has 0 amide bonds. The lowest BCUT2D eigenvalue weighted by molar-refractivity contribution is -0.140. The van der Waals surface area contributed by atoms with Crippen LogP contribution >= 0.6 is 0 Å². The molecular weight excluding hydrogens is 227 g/mol. The zero-order chi connectivity index (χ0) is 12.4. The maximum absolute atomic E-state index is 13.4. The smallest absolute Gasteiger partial charge is 0.306 e. The Morgan fingerprint density at radius 3 is 2.82 bits per heavy atom. The number of ether oxygens (including phenoxy) is 2. The van der Waals surface area contributed by atoms with Crippen LogP contribution in [-0.4, -0.2) is 25.0 Å². The Hall–Kier alpha value is -1.91. The Morgan fingerprint density at radius 1 is 1.53 bits per heavy atom. The van der Waals surface area contributed by atoms with Crippen LogP contribution in [0.5, 0.6) is 5.75 Å². The number of methoxy groups -OCH3 is 1. The van der Waals surface area contributed by atoms with Crippen molar-refractivity contribution in [3.05, 3.63) is 29.6 Å². The van der Waals surface area contributed by atoms with Gasteiger partial charge in [0.25, 0.3) is 0 Å².